The van der Waals surface area contributed by atoms with Crippen molar-refractivity contribution in [2.45, 2.75) is 37.7 Å². The van der Waals surface area contributed by atoms with Crippen LogP contribution in [0.3, 0.4) is 0 Å². The third kappa shape index (κ3) is 1.53. The number of ketones is 1. The van der Waals surface area contributed by atoms with E-state index >= 15 is 0 Å². The Kier molecular flexibility index (Phi) is 1.98. The molecule has 1 atom stereocenters. The monoisotopic (exact) mass is 178 g/mol. The second-order valence-corrected chi connectivity index (χ2v) is 3.88. The summed E-state index contributed by atoms with van der Waals surface area (Å²) in [6.45, 7) is 3.69. The summed E-state index contributed by atoms with van der Waals surface area (Å²) in [5, 5.41) is 0. The van der Waals surface area contributed by atoms with Gasteiger partial charge in [0.15, 0.2) is 0 Å². The molecule has 2 heterocycles. The molecule has 0 aliphatic carbocycles. The van der Waals surface area contributed by atoms with Crippen molar-refractivity contribution >= 4 is 5.78 Å². The van der Waals surface area contributed by atoms with Gasteiger partial charge in [0.1, 0.15) is 17.1 Å². The van der Waals surface area contributed by atoms with Gasteiger partial charge in [-0.15, -0.1) is 6.58 Å². The molecule has 0 radical (unpaired) electrons. The molecule has 0 amide bonds. The normalized spacial score (nSPS) is 31.1. The van der Waals surface area contributed by atoms with E-state index in [1.165, 1.54) is 0 Å². The summed E-state index contributed by atoms with van der Waals surface area (Å²) in [5.41, 5.74) is -0.196. The zero-order chi connectivity index (χ0) is 9.31. The minimum absolute atomic E-state index is 0.196. The van der Waals surface area contributed by atoms with Crippen molar-refractivity contribution in [3.63, 3.8) is 0 Å². The van der Waals surface area contributed by atoms with Crippen molar-refractivity contribution in [3.05, 3.63) is 24.5 Å². The molecule has 0 N–H and O–H groups in total. The first-order valence-corrected chi connectivity index (χ1v) is 4.75. The Morgan fingerprint density at radius 1 is 1.69 bits per heavy atom. The number of fused-ring (bicyclic) bond motifs is 2. The SMILES string of the molecule is C=CCCC12CC=C(CC(=O)C1)O2. The maximum Gasteiger partial charge on any atom is 0.144 e. The van der Waals surface area contributed by atoms with E-state index in [-0.39, 0.29) is 5.60 Å². The van der Waals surface area contributed by atoms with Crippen LogP contribution in [0.2, 0.25) is 0 Å². The van der Waals surface area contributed by atoms with E-state index in [2.05, 4.69) is 12.7 Å². The zero-order valence-corrected chi connectivity index (χ0v) is 7.71. The summed E-state index contributed by atoms with van der Waals surface area (Å²) in [6, 6.07) is 0. The highest BCUT2D eigenvalue weighted by atomic mass is 16.5. The Balaban J connectivity index is 2.07. The lowest BCUT2D eigenvalue weighted by atomic mass is 9.88. The van der Waals surface area contributed by atoms with Gasteiger partial charge in [-0.25, -0.2) is 0 Å². The fourth-order valence-electron chi connectivity index (χ4n) is 2.10. The van der Waals surface area contributed by atoms with Gasteiger partial charge in [0.2, 0.25) is 0 Å². The number of carbonyl (C=O) groups is 1. The van der Waals surface area contributed by atoms with Gasteiger partial charge in [0.25, 0.3) is 0 Å². The smallest absolute Gasteiger partial charge is 0.144 e. The molecule has 1 saturated heterocycles. The van der Waals surface area contributed by atoms with Crippen molar-refractivity contribution in [2.24, 2.45) is 0 Å². The van der Waals surface area contributed by atoms with Gasteiger partial charge in [0.05, 0.1) is 6.42 Å². The van der Waals surface area contributed by atoms with Crippen LogP contribution in [0, 0.1) is 0 Å². The Bertz CT molecular complexity index is 278. The van der Waals surface area contributed by atoms with Crippen LogP contribution >= 0.6 is 0 Å². The third-order valence-corrected chi connectivity index (χ3v) is 2.74. The first kappa shape index (κ1) is 8.54. The molecule has 2 nitrogen and oxygen atoms in total. The van der Waals surface area contributed by atoms with E-state index in [4.69, 9.17) is 4.74 Å². The molecular formula is C11H14O2. The van der Waals surface area contributed by atoms with Crippen LogP contribution in [0.15, 0.2) is 24.5 Å². The summed E-state index contributed by atoms with van der Waals surface area (Å²) < 4.78 is 5.75. The quantitative estimate of drug-likeness (QED) is 0.620. The lowest BCUT2D eigenvalue weighted by molar-refractivity contribution is -0.129. The van der Waals surface area contributed by atoms with Crippen molar-refractivity contribution in [2.75, 3.05) is 0 Å². The Morgan fingerprint density at radius 2 is 2.54 bits per heavy atom. The second kappa shape index (κ2) is 3.02. The van der Waals surface area contributed by atoms with Gasteiger partial charge in [-0.3, -0.25) is 4.79 Å². The molecule has 0 saturated carbocycles. The maximum absolute atomic E-state index is 11.3. The standard InChI is InChI=1S/C11H14O2/c1-2-3-5-11-6-4-10(13-11)7-9(12)8-11/h2,4H,1,3,5-8H2. The molecule has 0 aromatic heterocycles. The fraction of sp³-hybridized carbons (Fsp3) is 0.545. The van der Waals surface area contributed by atoms with Crippen molar-refractivity contribution < 1.29 is 9.53 Å². The average molecular weight is 178 g/mol. The molecule has 1 unspecified atom stereocenters. The van der Waals surface area contributed by atoms with Gasteiger partial charge in [-0.05, 0) is 18.9 Å². The van der Waals surface area contributed by atoms with Crippen molar-refractivity contribution in [1.29, 1.82) is 0 Å². The molecular weight excluding hydrogens is 164 g/mol. The predicted molar refractivity (Wildman–Crippen MR) is 50.2 cm³/mol. The van der Waals surface area contributed by atoms with Crippen LogP contribution in [-0.2, 0) is 9.53 Å². The van der Waals surface area contributed by atoms with Crippen LogP contribution in [0.1, 0.15) is 32.1 Å². The van der Waals surface area contributed by atoms with E-state index in [1.807, 2.05) is 6.08 Å². The zero-order valence-electron chi connectivity index (χ0n) is 7.71. The number of allylic oxidation sites excluding steroid dienone is 2. The minimum Gasteiger partial charge on any atom is -0.491 e. The number of hydrogen-bond donors (Lipinski definition) is 0. The van der Waals surface area contributed by atoms with Crippen LogP contribution < -0.4 is 0 Å². The summed E-state index contributed by atoms with van der Waals surface area (Å²) in [4.78, 5) is 11.3. The summed E-state index contributed by atoms with van der Waals surface area (Å²) in [5.74, 6) is 1.21. The molecule has 0 aromatic rings. The Labute approximate surface area is 78.3 Å². The number of hydrogen-bond acceptors (Lipinski definition) is 2. The third-order valence-electron chi connectivity index (χ3n) is 2.74. The first-order valence-electron chi connectivity index (χ1n) is 4.75. The minimum atomic E-state index is -0.196. The van der Waals surface area contributed by atoms with Gasteiger partial charge in [-0.2, -0.15) is 0 Å². The fourth-order valence-corrected chi connectivity index (χ4v) is 2.10. The van der Waals surface area contributed by atoms with E-state index in [9.17, 15) is 4.79 Å². The molecule has 70 valence electrons. The van der Waals surface area contributed by atoms with Crippen molar-refractivity contribution in [3.8, 4) is 0 Å². The van der Waals surface area contributed by atoms with Crippen LogP contribution in [0.5, 0.6) is 0 Å². The van der Waals surface area contributed by atoms with E-state index in [0.29, 0.717) is 18.6 Å². The molecule has 2 bridgehead atoms. The molecule has 13 heavy (non-hydrogen) atoms. The lowest BCUT2D eigenvalue weighted by Gasteiger charge is -2.32. The average Bonchev–Trinajstić information content (AvgIpc) is 2.40. The number of ether oxygens (including phenoxy) is 1. The van der Waals surface area contributed by atoms with Crippen LogP contribution in [0.25, 0.3) is 0 Å². The van der Waals surface area contributed by atoms with E-state index in [0.717, 1.165) is 25.0 Å². The summed E-state index contributed by atoms with van der Waals surface area (Å²) >= 11 is 0. The molecule has 2 aliphatic rings. The summed E-state index contributed by atoms with van der Waals surface area (Å²) in [6.07, 6.45) is 7.79. The maximum atomic E-state index is 11.3. The topological polar surface area (TPSA) is 26.3 Å². The molecule has 2 heteroatoms. The highest BCUT2D eigenvalue weighted by Gasteiger charge is 2.42. The Hall–Kier alpha value is -1.05. The van der Waals surface area contributed by atoms with Crippen LogP contribution in [-0.4, -0.2) is 11.4 Å². The second-order valence-electron chi connectivity index (χ2n) is 3.88. The van der Waals surface area contributed by atoms with Gasteiger partial charge in [-0.1, -0.05) is 6.08 Å². The van der Waals surface area contributed by atoms with Gasteiger partial charge in [0, 0.05) is 12.8 Å². The molecule has 2 aliphatic heterocycles. The highest BCUT2D eigenvalue weighted by Crippen LogP contribution is 2.41. The highest BCUT2D eigenvalue weighted by molar-refractivity contribution is 5.83. The molecule has 0 spiro atoms. The lowest BCUT2D eigenvalue weighted by Crippen LogP contribution is -2.34. The first-order chi connectivity index (χ1) is 6.24. The largest absolute Gasteiger partial charge is 0.491 e. The van der Waals surface area contributed by atoms with E-state index in [1.54, 1.807) is 0 Å². The molecule has 1 fully saturated rings. The Morgan fingerprint density at radius 3 is 3.31 bits per heavy atom. The van der Waals surface area contributed by atoms with E-state index < -0.39 is 0 Å². The van der Waals surface area contributed by atoms with Crippen LogP contribution in [0.4, 0.5) is 0 Å². The van der Waals surface area contributed by atoms with Gasteiger partial charge >= 0.3 is 0 Å². The summed E-state index contributed by atoms with van der Waals surface area (Å²) in [7, 11) is 0. The molecule has 0 aromatic carbocycles. The number of rotatable bonds is 3. The number of Topliss-reactive ketones (excluding diaryl/α,β-unsaturated/α-hetero) is 1. The van der Waals surface area contributed by atoms with Gasteiger partial charge < -0.3 is 4.74 Å². The predicted octanol–water partition coefficient (Wildman–Crippen LogP) is 2.36. The number of carbonyl (C=O) groups excluding carboxylic acids is 1. The molecule has 2 rings (SSSR count). The van der Waals surface area contributed by atoms with Crippen molar-refractivity contribution in [1.82, 2.24) is 0 Å².